The van der Waals surface area contributed by atoms with Gasteiger partial charge < -0.3 is 4.74 Å². The van der Waals surface area contributed by atoms with Crippen molar-refractivity contribution in [3.63, 3.8) is 0 Å². The highest BCUT2D eigenvalue weighted by molar-refractivity contribution is 9.09. The normalized spacial score (nSPS) is 18.5. The van der Waals surface area contributed by atoms with Crippen molar-refractivity contribution < 1.29 is 17.9 Å². The van der Waals surface area contributed by atoms with Gasteiger partial charge in [-0.25, -0.2) is 13.2 Å². The maximum Gasteiger partial charge on any atom is 0.161 e. The largest absolute Gasteiger partial charge is 0.493 e. The number of benzene rings is 2. The standard InChI is InChI=1S/C15H10BrF3O/c16-15(9-5-12(18)13(19)6-11(9)17)10-7-20-14-4-2-1-3-8(10)14/h1-6,10,15H,7H2. The van der Waals surface area contributed by atoms with Gasteiger partial charge >= 0.3 is 0 Å². The minimum Gasteiger partial charge on any atom is -0.493 e. The molecule has 20 heavy (non-hydrogen) atoms. The van der Waals surface area contributed by atoms with Crippen LogP contribution >= 0.6 is 15.9 Å². The zero-order chi connectivity index (χ0) is 14.3. The summed E-state index contributed by atoms with van der Waals surface area (Å²) in [7, 11) is 0. The summed E-state index contributed by atoms with van der Waals surface area (Å²) in [5.41, 5.74) is 1.02. The molecule has 3 rings (SSSR count). The molecule has 0 fully saturated rings. The van der Waals surface area contributed by atoms with Crippen LogP contribution in [0.2, 0.25) is 0 Å². The first-order valence-electron chi connectivity index (χ1n) is 6.08. The van der Waals surface area contributed by atoms with Crippen molar-refractivity contribution in [1.82, 2.24) is 0 Å². The zero-order valence-corrected chi connectivity index (χ0v) is 11.8. The van der Waals surface area contributed by atoms with Gasteiger partial charge in [-0.1, -0.05) is 34.1 Å². The molecule has 1 heterocycles. The second-order valence-corrected chi connectivity index (χ2v) is 5.63. The molecule has 1 aliphatic heterocycles. The number of ether oxygens (including phenoxy) is 1. The van der Waals surface area contributed by atoms with E-state index in [2.05, 4.69) is 15.9 Å². The van der Waals surface area contributed by atoms with E-state index in [1.807, 2.05) is 24.3 Å². The maximum absolute atomic E-state index is 13.8. The first-order chi connectivity index (χ1) is 9.58. The Morgan fingerprint density at radius 1 is 1.05 bits per heavy atom. The van der Waals surface area contributed by atoms with Gasteiger partial charge in [-0.05, 0) is 12.1 Å². The number of fused-ring (bicyclic) bond motifs is 1. The predicted molar refractivity (Wildman–Crippen MR) is 72.7 cm³/mol. The van der Waals surface area contributed by atoms with Gasteiger partial charge in [-0.15, -0.1) is 0 Å². The zero-order valence-electron chi connectivity index (χ0n) is 10.2. The van der Waals surface area contributed by atoms with Gasteiger partial charge in [-0.2, -0.15) is 0 Å². The molecule has 0 aromatic heterocycles. The third-order valence-corrected chi connectivity index (χ3v) is 4.56. The Morgan fingerprint density at radius 2 is 1.75 bits per heavy atom. The van der Waals surface area contributed by atoms with Crippen molar-refractivity contribution in [3.05, 3.63) is 65.0 Å². The van der Waals surface area contributed by atoms with E-state index in [4.69, 9.17) is 4.74 Å². The van der Waals surface area contributed by atoms with E-state index in [1.54, 1.807) is 0 Å². The summed E-state index contributed by atoms with van der Waals surface area (Å²) in [4.78, 5) is -0.485. The van der Waals surface area contributed by atoms with Crippen molar-refractivity contribution in [2.45, 2.75) is 10.7 Å². The molecule has 0 radical (unpaired) electrons. The van der Waals surface area contributed by atoms with Crippen molar-refractivity contribution in [1.29, 1.82) is 0 Å². The number of para-hydroxylation sites is 1. The lowest BCUT2D eigenvalue weighted by Crippen LogP contribution is -2.10. The van der Waals surface area contributed by atoms with Crippen LogP contribution in [0.15, 0.2) is 36.4 Å². The van der Waals surface area contributed by atoms with Crippen LogP contribution in [0.5, 0.6) is 5.75 Å². The van der Waals surface area contributed by atoms with E-state index >= 15 is 0 Å². The Hall–Kier alpha value is -1.49. The van der Waals surface area contributed by atoms with Crippen LogP contribution in [-0.2, 0) is 0 Å². The van der Waals surface area contributed by atoms with Crippen molar-refractivity contribution in [3.8, 4) is 5.75 Å². The number of halogens is 4. The Kier molecular flexibility index (Phi) is 3.46. The topological polar surface area (TPSA) is 9.23 Å². The van der Waals surface area contributed by atoms with Gasteiger partial charge in [0.05, 0.1) is 11.4 Å². The monoisotopic (exact) mass is 342 g/mol. The predicted octanol–water partition coefficient (Wildman–Crippen LogP) is 4.72. The highest BCUT2D eigenvalue weighted by Gasteiger charge is 2.32. The fourth-order valence-corrected chi connectivity index (χ4v) is 3.18. The molecule has 1 aliphatic rings. The third kappa shape index (κ3) is 2.20. The van der Waals surface area contributed by atoms with E-state index in [-0.39, 0.29) is 11.5 Å². The van der Waals surface area contributed by atoms with E-state index in [1.165, 1.54) is 0 Å². The molecule has 2 unspecified atom stereocenters. The molecule has 2 atom stereocenters. The molecule has 104 valence electrons. The van der Waals surface area contributed by atoms with Crippen LogP contribution in [0.3, 0.4) is 0 Å². The van der Waals surface area contributed by atoms with Crippen molar-refractivity contribution in [2.24, 2.45) is 0 Å². The minimum atomic E-state index is -1.19. The fourth-order valence-electron chi connectivity index (χ4n) is 2.40. The fraction of sp³-hybridized carbons (Fsp3) is 0.200. The summed E-state index contributed by atoms with van der Waals surface area (Å²) in [6.07, 6.45) is 0. The summed E-state index contributed by atoms with van der Waals surface area (Å²) < 4.78 is 45.7. The van der Waals surface area contributed by atoms with Crippen LogP contribution < -0.4 is 4.74 Å². The maximum atomic E-state index is 13.8. The van der Waals surface area contributed by atoms with Gasteiger partial charge in [0, 0.05) is 23.1 Å². The summed E-state index contributed by atoms with van der Waals surface area (Å²) in [5.74, 6) is -2.42. The molecule has 0 amide bonds. The van der Waals surface area contributed by atoms with Crippen LogP contribution in [-0.4, -0.2) is 6.61 Å². The molecule has 2 aromatic rings. The molecule has 5 heteroatoms. The van der Waals surface area contributed by atoms with E-state index in [9.17, 15) is 13.2 Å². The first-order valence-corrected chi connectivity index (χ1v) is 6.99. The Bertz CT molecular complexity index is 660. The summed E-state index contributed by atoms with van der Waals surface area (Å²) in [6, 6.07) is 8.89. The molecule has 0 saturated heterocycles. The number of hydrogen-bond acceptors (Lipinski definition) is 1. The van der Waals surface area contributed by atoms with Crippen LogP contribution in [0.4, 0.5) is 13.2 Å². The van der Waals surface area contributed by atoms with Crippen LogP contribution in [0.25, 0.3) is 0 Å². The van der Waals surface area contributed by atoms with Gasteiger partial charge in [0.15, 0.2) is 11.6 Å². The lowest BCUT2D eigenvalue weighted by molar-refractivity contribution is 0.328. The molecular formula is C15H10BrF3O. The van der Waals surface area contributed by atoms with E-state index < -0.39 is 22.3 Å². The first kappa shape index (κ1) is 13.5. The highest BCUT2D eigenvalue weighted by Crippen LogP contribution is 2.46. The average molecular weight is 343 g/mol. The van der Waals surface area contributed by atoms with Crippen LogP contribution in [0, 0.1) is 17.5 Å². The molecule has 0 aliphatic carbocycles. The highest BCUT2D eigenvalue weighted by atomic mass is 79.9. The van der Waals surface area contributed by atoms with Crippen LogP contribution in [0.1, 0.15) is 21.9 Å². The molecule has 0 bridgehead atoms. The van der Waals surface area contributed by atoms with Crippen molar-refractivity contribution >= 4 is 15.9 Å². The number of rotatable bonds is 2. The number of alkyl halides is 1. The smallest absolute Gasteiger partial charge is 0.161 e. The Labute approximate surface area is 122 Å². The quantitative estimate of drug-likeness (QED) is 0.567. The molecule has 1 nitrogen and oxygen atoms in total. The SMILES string of the molecule is Fc1cc(F)c(C(Br)C2COc3ccccc32)cc1F. The Balaban J connectivity index is 1.98. The second-order valence-electron chi connectivity index (χ2n) is 4.64. The lowest BCUT2D eigenvalue weighted by Gasteiger charge is -2.18. The van der Waals surface area contributed by atoms with Gasteiger partial charge in [0.25, 0.3) is 0 Å². The molecular weight excluding hydrogens is 333 g/mol. The average Bonchev–Trinajstić information content (AvgIpc) is 2.86. The molecule has 0 N–H and O–H groups in total. The molecule has 0 spiro atoms. The molecule has 0 saturated carbocycles. The van der Waals surface area contributed by atoms with Gasteiger partial charge in [0.1, 0.15) is 11.6 Å². The van der Waals surface area contributed by atoms with Crippen molar-refractivity contribution in [2.75, 3.05) is 6.61 Å². The third-order valence-electron chi connectivity index (χ3n) is 3.43. The summed E-state index contributed by atoms with van der Waals surface area (Å²) >= 11 is 3.38. The summed E-state index contributed by atoms with van der Waals surface area (Å²) in [6.45, 7) is 0.369. The Morgan fingerprint density at radius 3 is 2.55 bits per heavy atom. The van der Waals surface area contributed by atoms with Gasteiger partial charge in [0.2, 0.25) is 0 Å². The summed E-state index contributed by atoms with van der Waals surface area (Å²) in [5, 5.41) is 0. The minimum absolute atomic E-state index is 0.0919. The van der Waals surface area contributed by atoms with Gasteiger partial charge in [-0.3, -0.25) is 0 Å². The van der Waals surface area contributed by atoms with E-state index in [0.29, 0.717) is 12.7 Å². The number of hydrogen-bond donors (Lipinski definition) is 0. The van der Waals surface area contributed by atoms with E-state index in [0.717, 1.165) is 17.4 Å². The lowest BCUT2D eigenvalue weighted by atomic mass is 9.93. The second kappa shape index (κ2) is 5.13. The molecule has 2 aromatic carbocycles.